The third-order valence-electron chi connectivity index (χ3n) is 4.16. The molecule has 0 amide bonds. The highest BCUT2D eigenvalue weighted by Gasteiger charge is 2.15. The number of unbranched alkanes of at least 4 members (excludes halogenated alkanes) is 3. The van der Waals surface area contributed by atoms with Gasteiger partial charge in [-0.3, -0.25) is 4.72 Å². The summed E-state index contributed by atoms with van der Waals surface area (Å²) in [6.07, 6.45) is 5.75. The van der Waals surface area contributed by atoms with E-state index in [1.807, 2.05) is 12.1 Å². The summed E-state index contributed by atoms with van der Waals surface area (Å²) >= 11 is 0. The largest absolute Gasteiger partial charge is 0.497 e. The number of methoxy groups -OCH3 is 2. The minimum atomic E-state index is -3.67. The zero-order valence-corrected chi connectivity index (χ0v) is 16.4. The van der Waals surface area contributed by atoms with E-state index in [0.717, 1.165) is 18.4 Å². The lowest BCUT2D eigenvalue weighted by Crippen LogP contribution is -2.13. The van der Waals surface area contributed by atoms with Gasteiger partial charge in [-0.1, -0.05) is 38.3 Å². The molecule has 0 bridgehead atoms. The first-order valence-electron chi connectivity index (χ1n) is 8.83. The number of rotatable bonds is 10. The molecule has 0 saturated carbocycles. The summed E-state index contributed by atoms with van der Waals surface area (Å²) in [7, 11) is -0.630. The van der Waals surface area contributed by atoms with E-state index in [-0.39, 0.29) is 4.90 Å². The molecule has 0 heterocycles. The Bertz CT molecular complexity index is 779. The molecule has 0 aliphatic heterocycles. The van der Waals surface area contributed by atoms with Crippen LogP contribution in [-0.2, 0) is 16.4 Å². The lowest BCUT2D eigenvalue weighted by molar-refractivity contribution is 0.395. The second-order valence-corrected chi connectivity index (χ2v) is 7.84. The molecule has 142 valence electrons. The van der Waals surface area contributed by atoms with Gasteiger partial charge in [-0.25, -0.2) is 8.42 Å². The highest BCUT2D eigenvalue weighted by atomic mass is 32.2. The van der Waals surface area contributed by atoms with Gasteiger partial charge in [0.2, 0.25) is 0 Å². The highest BCUT2D eigenvalue weighted by molar-refractivity contribution is 7.92. The Kier molecular flexibility index (Phi) is 7.33. The van der Waals surface area contributed by atoms with Crippen LogP contribution >= 0.6 is 0 Å². The second-order valence-electron chi connectivity index (χ2n) is 6.16. The van der Waals surface area contributed by atoms with Crippen LogP contribution in [0.25, 0.3) is 0 Å². The van der Waals surface area contributed by atoms with Crippen molar-refractivity contribution in [2.24, 2.45) is 0 Å². The smallest absolute Gasteiger partial charge is 0.261 e. The SMILES string of the molecule is CCCCCCc1ccc(S(=O)(=O)Nc2cc(OC)cc(OC)c2)cc1. The monoisotopic (exact) mass is 377 g/mol. The molecule has 0 aliphatic rings. The fourth-order valence-electron chi connectivity index (χ4n) is 2.67. The molecular weight excluding hydrogens is 350 g/mol. The van der Waals surface area contributed by atoms with Crippen LogP contribution in [-0.4, -0.2) is 22.6 Å². The van der Waals surface area contributed by atoms with Crippen molar-refractivity contribution in [1.82, 2.24) is 0 Å². The van der Waals surface area contributed by atoms with Gasteiger partial charge < -0.3 is 9.47 Å². The van der Waals surface area contributed by atoms with Gasteiger partial charge in [0.05, 0.1) is 24.8 Å². The third-order valence-corrected chi connectivity index (χ3v) is 5.55. The predicted molar refractivity (Wildman–Crippen MR) is 105 cm³/mol. The Hall–Kier alpha value is -2.21. The third kappa shape index (κ3) is 5.66. The first-order chi connectivity index (χ1) is 12.5. The molecule has 0 spiro atoms. The van der Waals surface area contributed by atoms with Crippen molar-refractivity contribution >= 4 is 15.7 Å². The number of hydrogen-bond acceptors (Lipinski definition) is 4. The Labute approximate surface area is 156 Å². The van der Waals surface area contributed by atoms with Gasteiger partial charge >= 0.3 is 0 Å². The average molecular weight is 378 g/mol. The fraction of sp³-hybridized carbons (Fsp3) is 0.400. The molecule has 26 heavy (non-hydrogen) atoms. The first kappa shape index (κ1) is 20.1. The van der Waals surface area contributed by atoms with Crippen LogP contribution in [0.15, 0.2) is 47.4 Å². The van der Waals surface area contributed by atoms with Gasteiger partial charge in [0.15, 0.2) is 0 Å². The van der Waals surface area contributed by atoms with E-state index in [4.69, 9.17) is 9.47 Å². The van der Waals surface area contributed by atoms with Crippen LogP contribution in [0.4, 0.5) is 5.69 Å². The number of anilines is 1. The molecule has 1 N–H and O–H groups in total. The number of aryl methyl sites for hydroxylation is 1. The summed E-state index contributed by atoms with van der Waals surface area (Å²) in [5.74, 6) is 1.04. The van der Waals surface area contributed by atoms with Gasteiger partial charge in [0.25, 0.3) is 10.0 Å². The molecule has 2 rings (SSSR count). The molecule has 0 aromatic heterocycles. The zero-order valence-electron chi connectivity index (χ0n) is 15.6. The minimum absolute atomic E-state index is 0.233. The number of benzene rings is 2. The number of nitrogens with one attached hydrogen (secondary N) is 1. The molecule has 5 nitrogen and oxygen atoms in total. The van der Waals surface area contributed by atoms with E-state index >= 15 is 0 Å². The molecule has 0 unspecified atom stereocenters. The lowest BCUT2D eigenvalue weighted by Gasteiger charge is -2.12. The Morgan fingerprint density at radius 3 is 2.04 bits per heavy atom. The highest BCUT2D eigenvalue weighted by Crippen LogP contribution is 2.27. The van der Waals surface area contributed by atoms with Crippen LogP contribution in [0, 0.1) is 0 Å². The molecular formula is C20H27NO4S. The normalized spacial score (nSPS) is 11.2. The number of sulfonamides is 1. The zero-order chi connectivity index (χ0) is 19.0. The molecule has 0 radical (unpaired) electrons. The summed E-state index contributed by atoms with van der Waals surface area (Å²) in [5, 5.41) is 0. The first-order valence-corrected chi connectivity index (χ1v) is 10.3. The van der Waals surface area contributed by atoms with Gasteiger partial charge in [-0.05, 0) is 30.5 Å². The molecule has 2 aromatic rings. The predicted octanol–water partition coefficient (Wildman–Crippen LogP) is 4.63. The number of ether oxygens (including phenoxy) is 2. The molecule has 0 fully saturated rings. The van der Waals surface area contributed by atoms with Gasteiger partial charge in [0, 0.05) is 18.2 Å². The van der Waals surface area contributed by atoms with Crippen LogP contribution in [0.3, 0.4) is 0 Å². The molecule has 6 heteroatoms. The summed E-state index contributed by atoms with van der Waals surface area (Å²) in [6.45, 7) is 2.19. The lowest BCUT2D eigenvalue weighted by atomic mass is 10.1. The summed E-state index contributed by atoms with van der Waals surface area (Å²) in [4.78, 5) is 0.233. The van der Waals surface area contributed by atoms with Gasteiger partial charge in [-0.2, -0.15) is 0 Å². The van der Waals surface area contributed by atoms with Crippen LogP contribution in [0.2, 0.25) is 0 Å². The number of hydrogen-bond donors (Lipinski definition) is 1. The van der Waals surface area contributed by atoms with Crippen molar-refractivity contribution in [2.75, 3.05) is 18.9 Å². The maximum Gasteiger partial charge on any atom is 0.261 e. The van der Waals surface area contributed by atoms with E-state index in [0.29, 0.717) is 17.2 Å². The summed E-state index contributed by atoms with van der Waals surface area (Å²) in [5.41, 5.74) is 1.55. The van der Waals surface area contributed by atoms with Crippen molar-refractivity contribution in [3.8, 4) is 11.5 Å². The van der Waals surface area contributed by atoms with Crippen molar-refractivity contribution in [2.45, 2.75) is 43.9 Å². The summed E-state index contributed by atoms with van der Waals surface area (Å²) in [6, 6.07) is 12.0. The molecule has 0 saturated heterocycles. The standard InChI is InChI=1S/C20H27NO4S/c1-4-5-6-7-8-16-9-11-20(12-10-16)26(22,23)21-17-13-18(24-2)15-19(14-17)25-3/h9-15,21H,4-8H2,1-3H3. The van der Waals surface area contributed by atoms with Crippen LogP contribution in [0.1, 0.15) is 38.2 Å². The quantitative estimate of drug-likeness (QED) is 0.613. The van der Waals surface area contributed by atoms with E-state index in [1.54, 1.807) is 30.3 Å². The maximum atomic E-state index is 12.6. The van der Waals surface area contributed by atoms with Crippen molar-refractivity contribution in [3.63, 3.8) is 0 Å². The van der Waals surface area contributed by atoms with E-state index in [1.165, 1.54) is 33.5 Å². The second kappa shape index (κ2) is 9.48. The Morgan fingerprint density at radius 2 is 1.50 bits per heavy atom. The van der Waals surface area contributed by atoms with Gasteiger partial charge in [0.1, 0.15) is 11.5 Å². The van der Waals surface area contributed by atoms with Gasteiger partial charge in [-0.15, -0.1) is 0 Å². The summed E-state index contributed by atoms with van der Waals surface area (Å²) < 4.78 is 38.2. The van der Waals surface area contributed by atoms with E-state index in [2.05, 4.69) is 11.6 Å². The van der Waals surface area contributed by atoms with Crippen LogP contribution < -0.4 is 14.2 Å². The van der Waals surface area contributed by atoms with E-state index in [9.17, 15) is 8.42 Å². The van der Waals surface area contributed by atoms with Crippen LogP contribution in [0.5, 0.6) is 11.5 Å². The Morgan fingerprint density at radius 1 is 0.885 bits per heavy atom. The minimum Gasteiger partial charge on any atom is -0.497 e. The fourth-order valence-corrected chi connectivity index (χ4v) is 3.71. The topological polar surface area (TPSA) is 64.6 Å². The van der Waals surface area contributed by atoms with E-state index < -0.39 is 10.0 Å². The van der Waals surface area contributed by atoms with Crippen molar-refractivity contribution in [3.05, 3.63) is 48.0 Å². The maximum absolute atomic E-state index is 12.6. The molecule has 0 atom stereocenters. The van der Waals surface area contributed by atoms with Crippen molar-refractivity contribution in [1.29, 1.82) is 0 Å². The van der Waals surface area contributed by atoms with Crippen molar-refractivity contribution < 1.29 is 17.9 Å². The molecule has 2 aromatic carbocycles. The molecule has 0 aliphatic carbocycles. The average Bonchev–Trinajstić information content (AvgIpc) is 2.65. The Balaban J connectivity index is 2.10.